The summed E-state index contributed by atoms with van der Waals surface area (Å²) in [6, 6.07) is 15.7. The number of hydrogen-bond donors (Lipinski definition) is 0. The van der Waals surface area contributed by atoms with Gasteiger partial charge >= 0.3 is 0 Å². The van der Waals surface area contributed by atoms with Crippen molar-refractivity contribution in [3.05, 3.63) is 59.7 Å². The molecule has 0 unspecified atom stereocenters. The van der Waals surface area contributed by atoms with Gasteiger partial charge in [-0.2, -0.15) is 0 Å². The second-order valence-electron chi connectivity index (χ2n) is 8.06. The zero-order valence-corrected chi connectivity index (χ0v) is 17.8. The minimum atomic E-state index is -0.215. The second kappa shape index (κ2) is 8.27. The molecule has 1 aliphatic carbocycles. The number of carbonyl (C=O) groups excluding carboxylic acids is 1. The lowest BCUT2D eigenvalue weighted by molar-refractivity contribution is 0.0279. The molecule has 3 atom stereocenters. The molecule has 0 radical (unpaired) electrons. The Kier molecular flexibility index (Phi) is 5.73. The first-order chi connectivity index (χ1) is 14.1. The number of alkyl halides is 1. The van der Waals surface area contributed by atoms with Gasteiger partial charge in [-0.3, -0.25) is 4.79 Å². The zero-order chi connectivity index (χ0) is 20.4. The number of benzene rings is 2. The van der Waals surface area contributed by atoms with Gasteiger partial charge in [-0.1, -0.05) is 43.2 Å². The van der Waals surface area contributed by atoms with E-state index >= 15 is 0 Å². The van der Waals surface area contributed by atoms with Crippen LogP contribution in [0.15, 0.2) is 48.5 Å². The first-order valence-electron chi connectivity index (χ1n) is 10.3. The highest BCUT2D eigenvalue weighted by Crippen LogP contribution is 2.53. The van der Waals surface area contributed by atoms with Crippen molar-refractivity contribution in [1.29, 1.82) is 0 Å². The van der Waals surface area contributed by atoms with E-state index in [1.807, 2.05) is 29.2 Å². The quantitative estimate of drug-likeness (QED) is 0.625. The molecule has 2 fully saturated rings. The smallest absolute Gasteiger partial charge is 0.254 e. The van der Waals surface area contributed by atoms with Gasteiger partial charge in [0.25, 0.3) is 5.91 Å². The Morgan fingerprint density at radius 3 is 2.52 bits per heavy atom. The Labute approximate surface area is 177 Å². The Hall–Kier alpha value is -2.20. The molecular weight excluding hydrogens is 386 g/mol. The van der Waals surface area contributed by atoms with Gasteiger partial charge in [-0.05, 0) is 43.0 Å². The van der Waals surface area contributed by atoms with Crippen molar-refractivity contribution < 1.29 is 14.3 Å². The summed E-state index contributed by atoms with van der Waals surface area (Å²) in [7, 11) is 3.18. The zero-order valence-electron chi connectivity index (χ0n) is 17.1. The summed E-state index contributed by atoms with van der Waals surface area (Å²) in [6.45, 7) is 0.659. The number of methoxy groups -OCH3 is 2. The van der Waals surface area contributed by atoms with Crippen LogP contribution >= 0.6 is 11.6 Å². The summed E-state index contributed by atoms with van der Waals surface area (Å²) in [5.41, 5.74) is 1.78. The lowest BCUT2D eigenvalue weighted by Crippen LogP contribution is -2.53. The predicted octanol–water partition coefficient (Wildman–Crippen LogP) is 5.46. The van der Waals surface area contributed by atoms with Crippen molar-refractivity contribution in [2.24, 2.45) is 5.92 Å². The molecule has 1 saturated carbocycles. The van der Waals surface area contributed by atoms with E-state index in [2.05, 4.69) is 12.1 Å². The molecule has 2 aliphatic rings. The van der Waals surface area contributed by atoms with Crippen LogP contribution in [0.4, 0.5) is 0 Å². The lowest BCUT2D eigenvalue weighted by atomic mass is 9.68. The highest BCUT2D eigenvalue weighted by atomic mass is 35.5. The van der Waals surface area contributed by atoms with Crippen molar-refractivity contribution in [2.45, 2.75) is 43.0 Å². The van der Waals surface area contributed by atoms with Crippen molar-refractivity contribution in [3.8, 4) is 11.5 Å². The molecular formula is C24H28ClNO3. The van der Waals surface area contributed by atoms with Crippen LogP contribution in [-0.4, -0.2) is 36.4 Å². The number of carbonyl (C=O) groups is 1. The summed E-state index contributed by atoms with van der Waals surface area (Å²) >= 11 is 7.15. The third-order valence-corrected chi connectivity index (χ3v) is 7.20. The summed E-state index contributed by atoms with van der Waals surface area (Å²) in [5, 5.41) is 0. The molecule has 1 saturated heterocycles. The number of nitrogens with zero attached hydrogens (tertiary/aromatic N) is 1. The fourth-order valence-electron chi connectivity index (χ4n) is 5.07. The number of rotatable bonds is 4. The van der Waals surface area contributed by atoms with Gasteiger partial charge in [0.1, 0.15) is 0 Å². The number of amides is 1. The first-order valence-corrected chi connectivity index (χ1v) is 10.7. The summed E-state index contributed by atoms with van der Waals surface area (Å²) < 4.78 is 10.7. The average Bonchev–Trinajstić information content (AvgIpc) is 2.77. The van der Waals surface area contributed by atoms with Crippen LogP contribution in [0.3, 0.4) is 0 Å². The fourth-order valence-corrected chi connectivity index (χ4v) is 5.51. The normalized spacial score (nSPS) is 26.5. The molecule has 4 rings (SSSR count). The van der Waals surface area contributed by atoms with Crippen molar-refractivity contribution in [2.75, 3.05) is 20.8 Å². The predicted molar refractivity (Wildman–Crippen MR) is 115 cm³/mol. The van der Waals surface area contributed by atoms with Gasteiger partial charge in [0, 0.05) is 18.0 Å². The average molecular weight is 414 g/mol. The maximum atomic E-state index is 13.6. The van der Waals surface area contributed by atoms with Crippen molar-refractivity contribution in [3.63, 3.8) is 0 Å². The van der Waals surface area contributed by atoms with Crippen LogP contribution in [0, 0.1) is 5.92 Å². The number of hydrogen-bond acceptors (Lipinski definition) is 3. The molecule has 2 aromatic rings. The van der Waals surface area contributed by atoms with E-state index < -0.39 is 0 Å². The van der Waals surface area contributed by atoms with Gasteiger partial charge in [0.05, 0.1) is 25.1 Å². The Morgan fingerprint density at radius 2 is 1.79 bits per heavy atom. The van der Waals surface area contributed by atoms with Gasteiger partial charge in [-0.25, -0.2) is 0 Å². The van der Waals surface area contributed by atoms with Crippen LogP contribution < -0.4 is 9.47 Å². The maximum Gasteiger partial charge on any atom is 0.254 e. The van der Waals surface area contributed by atoms with Crippen LogP contribution in [0.1, 0.15) is 54.1 Å². The molecule has 4 nitrogen and oxygen atoms in total. The van der Waals surface area contributed by atoms with E-state index in [1.54, 1.807) is 26.4 Å². The van der Waals surface area contributed by atoms with Crippen molar-refractivity contribution in [1.82, 2.24) is 4.90 Å². The summed E-state index contributed by atoms with van der Waals surface area (Å²) in [6.07, 6.45) is 5.26. The lowest BCUT2D eigenvalue weighted by Gasteiger charge is -2.52. The Morgan fingerprint density at radius 1 is 1.03 bits per heavy atom. The Bertz CT molecular complexity index is 872. The van der Waals surface area contributed by atoms with E-state index in [9.17, 15) is 4.79 Å². The maximum absolute atomic E-state index is 13.6. The monoisotopic (exact) mass is 413 g/mol. The summed E-state index contributed by atoms with van der Waals surface area (Å²) in [4.78, 5) is 15.4. The number of ether oxygens (including phenoxy) is 2. The van der Waals surface area contributed by atoms with Crippen LogP contribution in [-0.2, 0) is 0 Å². The first kappa shape index (κ1) is 20.1. The van der Waals surface area contributed by atoms with E-state index in [-0.39, 0.29) is 22.7 Å². The molecule has 1 amide bonds. The standard InChI is InChI=1S/C24H28ClNO3/c1-28-20-12-11-18(16-21(20)29-2)23(27)26-15-14-24(25)13-7-6-10-19(24)22(26)17-8-4-3-5-9-17/h3-5,8-9,11-12,16,19,22H,6-7,10,13-15H2,1-2H3/t19-,22+,24-/m1/s1. The van der Waals surface area contributed by atoms with E-state index in [0.29, 0.717) is 23.6 Å². The SMILES string of the molecule is COc1ccc(C(=O)N2CC[C@]3(Cl)CCCC[C@@H]3[C@@H]2c2ccccc2)cc1OC. The van der Waals surface area contributed by atoms with Crippen molar-refractivity contribution >= 4 is 17.5 Å². The molecule has 1 aliphatic heterocycles. The highest BCUT2D eigenvalue weighted by molar-refractivity contribution is 6.24. The molecule has 0 bridgehead atoms. The molecule has 2 aromatic carbocycles. The molecule has 29 heavy (non-hydrogen) atoms. The largest absolute Gasteiger partial charge is 0.493 e. The third-order valence-electron chi connectivity index (χ3n) is 6.54. The van der Waals surface area contributed by atoms with E-state index in [0.717, 1.165) is 24.8 Å². The van der Waals surface area contributed by atoms with Gasteiger partial charge in [-0.15, -0.1) is 11.6 Å². The topological polar surface area (TPSA) is 38.8 Å². The van der Waals surface area contributed by atoms with Gasteiger partial charge in [0.2, 0.25) is 0 Å². The number of likely N-dealkylation sites (tertiary alicyclic amines) is 1. The third kappa shape index (κ3) is 3.71. The van der Waals surface area contributed by atoms with E-state index in [4.69, 9.17) is 21.1 Å². The molecule has 1 heterocycles. The molecule has 5 heteroatoms. The molecule has 0 aromatic heterocycles. The minimum Gasteiger partial charge on any atom is -0.493 e. The summed E-state index contributed by atoms with van der Waals surface area (Å²) in [5.74, 6) is 1.47. The number of fused-ring (bicyclic) bond motifs is 1. The van der Waals surface area contributed by atoms with Crippen LogP contribution in [0.5, 0.6) is 11.5 Å². The number of halogens is 1. The van der Waals surface area contributed by atoms with Gasteiger partial charge in [0.15, 0.2) is 11.5 Å². The number of piperidine rings is 1. The molecule has 0 N–H and O–H groups in total. The minimum absolute atomic E-state index is 0.0108. The van der Waals surface area contributed by atoms with Crippen LogP contribution in [0.2, 0.25) is 0 Å². The Balaban J connectivity index is 1.72. The highest BCUT2D eigenvalue weighted by Gasteiger charge is 2.50. The molecule has 0 spiro atoms. The second-order valence-corrected chi connectivity index (χ2v) is 8.81. The fraction of sp³-hybridized carbons (Fsp3) is 0.458. The van der Waals surface area contributed by atoms with Crippen LogP contribution in [0.25, 0.3) is 0 Å². The molecule has 154 valence electrons. The van der Waals surface area contributed by atoms with E-state index in [1.165, 1.54) is 12.8 Å². The van der Waals surface area contributed by atoms with Gasteiger partial charge < -0.3 is 14.4 Å².